The number of aliphatic hydroxyl groups excluding tert-OH is 1. The molecule has 4 rings (SSSR count). The minimum atomic E-state index is -0.157. The molecule has 142 valence electrons. The van der Waals surface area contributed by atoms with Crippen LogP contribution in [0, 0.1) is 0 Å². The summed E-state index contributed by atoms with van der Waals surface area (Å²) in [5, 5.41) is 12.2. The average molecular weight is 405 g/mol. The van der Waals surface area contributed by atoms with E-state index in [2.05, 4.69) is 9.88 Å². The van der Waals surface area contributed by atoms with Gasteiger partial charge < -0.3 is 14.9 Å². The molecule has 1 saturated heterocycles. The Kier molecular flexibility index (Phi) is 4.94. The minimum Gasteiger partial charge on any atom is -0.394 e. The smallest absolute Gasteiger partial charge is 0.272 e. The van der Waals surface area contributed by atoms with Gasteiger partial charge >= 0.3 is 0 Å². The van der Waals surface area contributed by atoms with Crippen molar-refractivity contribution in [3.63, 3.8) is 0 Å². The Morgan fingerprint density at radius 2 is 2.26 bits per heavy atom. The number of imidazole rings is 1. The summed E-state index contributed by atoms with van der Waals surface area (Å²) in [6, 6.07) is 7.61. The number of amides is 1. The number of likely N-dealkylation sites (tertiary alicyclic amines) is 1. The number of benzene rings is 1. The molecular weight excluding hydrogens is 384 g/mol. The fourth-order valence-corrected chi connectivity index (χ4v) is 4.60. The lowest BCUT2D eigenvalue weighted by Crippen LogP contribution is -2.39. The van der Waals surface area contributed by atoms with Gasteiger partial charge in [-0.15, -0.1) is 11.3 Å². The number of hydrogen-bond donors (Lipinski definition) is 1. The van der Waals surface area contributed by atoms with Gasteiger partial charge in [0.15, 0.2) is 4.96 Å². The minimum absolute atomic E-state index is 0.0267. The molecule has 1 N–H and O–H groups in total. The zero-order valence-electron chi connectivity index (χ0n) is 15.2. The molecule has 1 aromatic carbocycles. The number of carbonyl (C=O) groups excluding carboxylic acids is 1. The molecule has 0 unspecified atom stereocenters. The van der Waals surface area contributed by atoms with E-state index in [1.807, 2.05) is 54.3 Å². The van der Waals surface area contributed by atoms with Crippen molar-refractivity contribution in [3.05, 3.63) is 46.6 Å². The molecule has 1 fully saturated rings. The number of fused-ring (bicyclic) bond motifs is 1. The molecule has 2 atom stereocenters. The van der Waals surface area contributed by atoms with Crippen LogP contribution in [0.2, 0.25) is 5.02 Å². The van der Waals surface area contributed by atoms with Crippen LogP contribution in [0.4, 0.5) is 0 Å². The van der Waals surface area contributed by atoms with E-state index < -0.39 is 0 Å². The number of hydrogen-bond acceptors (Lipinski definition) is 5. The van der Waals surface area contributed by atoms with E-state index >= 15 is 0 Å². The van der Waals surface area contributed by atoms with Gasteiger partial charge in [0.1, 0.15) is 5.69 Å². The third-order valence-electron chi connectivity index (χ3n) is 5.14. The molecule has 6 nitrogen and oxygen atoms in total. The van der Waals surface area contributed by atoms with Gasteiger partial charge in [-0.05, 0) is 32.6 Å². The molecule has 27 heavy (non-hydrogen) atoms. The number of aromatic nitrogens is 2. The molecule has 8 heteroatoms. The third-order valence-corrected chi connectivity index (χ3v) is 6.22. The van der Waals surface area contributed by atoms with Gasteiger partial charge in [-0.1, -0.05) is 23.7 Å². The Morgan fingerprint density at radius 1 is 1.44 bits per heavy atom. The molecule has 0 aliphatic carbocycles. The van der Waals surface area contributed by atoms with Crippen molar-refractivity contribution in [2.75, 3.05) is 27.2 Å². The Morgan fingerprint density at radius 3 is 2.96 bits per heavy atom. The van der Waals surface area contributed by atoms with Crippen LogP contribution in [0.1, 0.15) is 16.9 Å². The van der Waals surface area contributed by atoms with Crippen molar-refractivity contribution in [1.82, 2.24) is 19.2 Å². The number of carbonyl (C=O) groups is 1. The van der Waals surface area contributed by atoms with Crippen molar-refractivity contribution in [2.24, 2.45) is 0 Å². The summed E-state index contributed by atoms with van der Waals surface area (Å²) in [5.41, 5.74) is 2.28. The fraction of sp³-hybridized carbons (Fsp3) is 0.368. The quantitative estimate of drug-likeness (QED) is 0.726. The number of halogens is 1. The standard InChI is InChI=1S/C19H21ClN4O2S/c1-22(2)14-7-15(10-25)23(8-14)18(26)17-11-27-19-21-16(9-24(17)19)12-4-3-5-13(20)6-12/h3-6,9,11,14-15,25H,7-8,10H2,1-2H3/t14-,15+/m1/s1. The van der Waals surface area contributed by atoms with Gasteiger partial charge in [0.05, 0.1) is 18.3 Å². The Hall–Kier alpha value is -1.93. The lowest BCUT2D eigenvalue weighted by atomic mass is 10.1. The molecule has 3 heterocycles. The molecule has 1 aliphatic rings. The summed E-state index contributed by atoms with van der Waals surface area (Å²) in [4.78, 5) is 22.5. The number of rotatable bonds is 4. The van der Waals surface area contributed by atoms with Crippen molar-refractivity contribution < 1.29 is 9.90 Å². The number of nitrogens with zero attached hydrogens (tertiary/aromatic N) is 4. The Bertz CT molecular complexity index is 983. The Labute approximate surface area is 166 Å². The average Bonchev–Trinajstić information content (AvgIpc) is 3.34. The summed E-state index contributed by atoms with van der Waals surface area (Å²) in [6.45, 7) is 0.589. The van der Waals surface area contributed by atoms with E-state index in [1.54, 1.807) is 4.90 Å². The topological polar surface area (TPSA) is 61.1 Å². The van der Waals surface area contributed by atoms with E-state index in [4.69, 9.17) is 11.6 Å². The SMILES string of the molecule is CN(C)[C@@H]1C[C@@H](CO)N(C(=O)c2csc3nc(-c4cccc(Cl)c4)cn23)C1. The number of aliphatic hydroxyl groups is 1. The predicted molar refractivity (Wildman–Crippen MR) is 108 cm³/mol. The van der Waals surface area contributed by atoms with Crippen LogP contribution >= 0.6 is 22.9 Å². The maximum atomic E-state index is 13.2. The van der Waals surface area contributed by atoms with Gasteiger partial charge in [-0.2, -0.15) is 0 Å². The molecule has 1 aliphatic heterocycles. The molecule has 2 aromatic heterocycles. The summed E-state index contributed by atoms with van der Waals surface area (Å²) in [5.74, 6) is -0.0697. The van der Waals surface area contributed by atoms with E-state index in [0.29, 0.717) is 17.3 Å². The van der Waals surface area contributed by atoms with Crippen LogP contribution in [0.15, 0.2) is 35.8 Å². The van der Waals surface area contributed by atoms with E-state index in [1.165, 1.54) is 11.3 Å². The first-order valence-electron chi connectivity index (χ1n) is 8.78. The largest absolute Gasteiger partial charge is 0.394 e. The van der Waals surface area contributed by atoms with Crippen LogP contribution in [0.5, 0.6) is 0 Å². The number of likely N-dealkylation sites (N-methyl/N-ethyl adjacent to an activating group) is 1. The second-order valence-corrected chi connectivity index (χ2v) is 8.33. The second-order valence-electron chi connectivity index (χ2n) is 7.06. The fourth-order valence-electron chi connectivity index (χ4n) is 3.56. The van der Waals surface area contributed by atoms with Crippen LogP contribution < -0.4 is 0 Å². The van der Waals surface area contributed by atoms with Gasteiger partial charge in [0, 0.05) is 34.7 Å². The van der Waals surface area contributed by atoms with E-state index in [-0.39, 0.29) is 24.6 Å². The van der Waals surface area contributed by atoms with Crippen LogP contribution in [0.3, 0.4) is 0 Å². The third kappa shape index (κ3) is 3.36. The van der Waals surface area contributed by atoms with Crippen LogP contribution in [-0.2, 0) is 0 Å². The normalized spacial score (nSPS) is 20.1. The number of thiazole rings is 1. The first-order valence-corrected chi connectivity index (χ1v) is 10.0. The van der Waals surface area contributed by atoms with Crippen LogP contribution in [0.25, 0.3) is 16.2 Å². The monoisotopic (exact) mass is 404 g/mol. The van der Waals surface area contributed by atoms with Gasteiger partial charge in [0.25, 0.3) is 5.91 Å². The highest BCUT2D eigenvalue weighted by Crippen LogP contribution is 2.28. The lowest BCUT2D eigenvalue weighted by Gasteiger charge is -2.23. The molecule has 0 spiro atoms. The molecule has 1 amide bonds. The summed E-state index contributed by atoms with van der Waals surface area (Å²) < 4.78 is 1.83. The maximum absolute atomic E-state index is 13.2. The predicted octanol–water partition coefficient (Wildman–Crippen LogP) is 2.85. The zero-order valence-corrected chi connectivity index (χ0v) is 16.7. The van der Waals surface area contributed by atoms with Crippen molar-refractivity contribution in [1.29, 1.82) is 0 Å². The molecular formula is C19H21ClN4O2S. The molecule has 3 aromatic rings. The van der Waals surface area contributed by atoms with Gasteiger partial charge in [-0.25, -0.2) is 4.98 Å². The van der Waals surface area contributed by atoms with Gasteiger partial charge in [-0.3, -0.25) is 9.20 Å². The molecule has 0 radical (unpaired) electrons. The van der Waals surface area contributed by atoms with Crippen molar-refractivity contribution >= 4 is 33.8 Å². The van der Waals surface area contributed by atoms with Crippen molar-refractivity contribution in [3.8, 4) is 11.3 Å². The first kappa shape index (κ1) is 18.4. The highest BCUT2D eigenvalue weighted by atomic mass is 35.5. The zero-order chi connectivity index (χ0) is 19.1. The second kappa shape index (κ2) is 7.24. The van der Waals surface area contributed by atoms with Crippen molar-refractivity contribution in [2.45, 2.75) is 18.5 Å². The van der Waals surface area contributed by atoms with Crippen LogP contribution in [-0.4, -0.2) is 69.5 Å². The summed E-state index contributed by atoms with van der Waals surface area (Å²) >= 11 is 7.52. The maximum Gasteiger partial charge on any atom is 0.272 e. The molecule has 0 bridgehead atoms. The van der Waals surface area contributed by atoms with E-state index in [0.717, 1.165) is 22.6 Å². The first-order chi connectivity index (χ1) is 13.0. The highest BCUT2D eigenvalue weighted by Gasteiger charge is 2.37. The summed E-state index contributed by atoms with van der Waals surface area (Å²) in [7, 11) is 4.01. The highest BCUT2D eigenvalue weighted by molar-refractivity contribution is 7.15. The molecule has 0 saturated carbocycles. The van der Waals surface area contributed by atoms with Gasteiger partial charge in [0.2, 0.25) is 0 Å². The van der Waals surface area contributed by atoms with E-state index in [9.17, 15) is 9.90 Å². The lowest BCUT2D eigenvalue weighted by molar-refractivity contribution is 0.0666. The summed E-state index contributed by atoms with van der Waals surface area (Å²) in [6.07, 6.45) is 2.65. The Balaban J connectivity index is 1.66.